The highest BCUT2D eigenvalue weighted by Gasteiger charge is 2.11. The number of hydrogen-bond donors (Lipinski definition) is 2. The summed E-state index contributed by atoms with van der Waals surface area (Å²) >= 11 is 1.56. The van der Waals surface area contributed by atoms with Crippen LogP contribution >= 0.6 is 11.8 Å². The molecule has 114 valence electrons. The van der Waals surface area contributed by atoms with Crippen LogP contribution in [0.5, 0.6) is 0 Å². The van der Waals surface area contributed by atoms with Crippen molar-refractivity contribution >= 4 is 28.7 Å². The Bertz CT molecular complexity index is 893. The van der Waals surface area contributed by atoms with Gasteiger partial charge in [0.05, 0.1) is 23.6 Å². The lowest BCUT2D eigenvalue weighted by Gasteiger charge is -2.00. The van der Waals surface area contributed by atoms with Crippen LogP contribution in [0.3, 0.4) is 0 Å². The summed E-state index contributed by atoms with van der Waals surface area (Å²) in [6.45, 7) is 0. The number of carbonyl (C=O) groups excluding carboxylic acids is 1. The second kappa shape index (κ2) is 6.55. The first-order valence-electron chi connectivity index (χ1n) is 7.03. The number of amides is 1. The summed E-state index contributed by atoms with van der Waals surface area (Å²) in [5.41, 5.74) is 9.35. The second-order valence-corrected chi connectivity index (χ2v) is 6.01. The van der Waals surface area contributed by atoms with Crippen molar-refractivity contribution in [1.29, 1.82) is 5.26 Å². The van der Waals surface area contributed by atoms with E-state index in [1.54, 1.807) is 23.9 Å². The highest BCUT2D eigenvalue weighted by atomic mass is 32.2. The summed E-state index contributed by atoms with van der Waals surface area (Å²) in [5.74, 6) is 0.269. The van der Waals surface area contributed by atoms with E-state index in [1.165, 1.54) is 0 Å². The van der Waals surface area contributed by atoms with Gasteiger partial charge in [0.15, 0.2) is 5.16 Å². The van der Waals surface area contributed by atoms with Crippen LogP contribution < -0.4 is 5.73 Å². The lowest BCUT2D eigenvalue weighted by molar-refractivity contribution is 0.100. The number of thioether (sulfide) groups is 1. The van der Waals surface area contributed by atoms with E-state index in [0.717, 1.165) is 27.6 Å². The Labute approximate surface area is 137 Å². The molecule has 3 aromatic rings. The number of aromatic amines is 1. The highest BCUT2D eigenvalue weighted by Crippen LogP contribution is 2.25. The maximum atomic E-state index is 11.4. The monoisotopic (exact) mass is 322 g/mol. The van der Waals surface area contributed by atoms with Crippen molar-refractivity contribution in [2.24, 2.45) is 5.73 Å². The summed E-state index contributed by atoms with van der Waals surface area (Å²) in [5, 5.41) is 9.42. The molecule has 1 amide bonds. The van der Waals surface area contributed by atoms with Gasteiger partial charge in [0, 0.05) is 5.75 Å². The number of benzene rings is 2. The molecular formula is C17H14N4OS. The number of rotatable bonds is 5. The zero-order valence-electron chi connectivity index (χ0n) is 12.2. The van der Waals surface area contributed by atoms with Gasteiger partial charge in [-0.25, -0.2) is 4.98 Å². The molecule has 0 radical (unpaired) electrons. The molecule has 0 fully saturated rings. The molecule has 0 aliphatic heterocycles. The molecule has 1 heterocycles. The van der Waals surface area contributed by atoms with Gasteiger partial charge in [-0.05, 0) is 23.3 Å². The fraction of sp³-hybridized carbons (Fsp3) is 0.118. The number of nitrogens with zero attached hydrogens (tertiary/aromatic N) is 2. The van der Waals surface area contributed by atoms with Crippen LogP contribution in [0, 0.1) is 11.3 Å². The molecule has 0 aliphatic carbocycles. The number of hydrogen-bond acceptors (Lipinski definition) is 4. The highest BCUT2D eigenvalue weighted by molar-refractivity contribution is 7.98. The topological polar surface area (TPSA) is 95.6 Å². The summed E-state index contributed by atoms with van der Waals surface area (Å²) in [7, 11) is 0. The van der Waals surface area contributed by atoms with E-state index < -0.39 is 5.91 Å². The number of imidazole rings is 1. The Morgan fingerprint density at radius 2 is 1.96 bits per heavy atom. The Kier molecular flexibility index (Phi) is 4.31. The molecule has 0 saturated carbocycles. The fourth-order valence-corrected chi connectivity index (χ4v) is 3.11. The van der Waals surface area contributed by atoms with Crippen LogP contribution in [0.2, 0.25) is 0 Å². The van der Waals surface area contributed by atoms with Gasteiger partial charge in [0.2, 0.25) is 0 Å². The number of para-hydroxylation sites is 1. The molecule has 1 aromatic heterocycles. The van der Waals surface area contributed by atoms with Gasteiger partial charge in [-0.2, -0.15) is 5.26 Å². The van der Waals surface area contributed by atoms with E-state index in [-0.39, 0.29) is 0 Å². The Morgan fingerprint density at radius 3 is 2.65 bits per heavy atom. The molecule has 2 aromatic carbocycles. The van der Waals surface area contributed by atoms with Crippen LogP contribution in [0.4, 0.5) is 0 Å². The summed E-state index contributed by atoms with van der Waals surface area (Å²) in [6, 6.07) is 15.4. The van der Waals surface area contributed by atoms with Crippen molar-refractivity contribution in [3.05, 3.63) is 59.2 Å². The molecule has 0 aliphatic rings. The van der Waals surface area contributed by atoms with E-state index in [0.29, 0.717) is 17.5 Å². The number of primary amides is 1. The van der Waals surface area contributed by atoms with E-state index in [2.05, 4.69) is 16.0 Å². The molecule has 0 bridgehead atoms. The summed E-state index contributed by atoms with van der Waals surface area (Å²) in [6.07, 6.45) is 0.424. The van der Waals surface area contributed by atoms with Gasteiger partial charge in [-0.15, -0.1) is 0 Å². The van der Waals surface area contributed by atoms with Gasteiger partial charge in [0.1, 0.15) is 5.52 Å². The van der Waals surface area contributed by atoms with E-state index in [1.807, 2.05) is 30.3 Å². The molecule has 0 spiro atoms. The standard InChI is InChI=1S/C17H14N4OS/c18-9-8-11-4-6-12(7-5-11)10-23-17-20-14-3-1-2-13(16(19)22)15(14)21-17/h1-7H,8,10H2,(H2,19,22)(H,20,21). The first kappa shape index (κ1) is 15.1. The molecule has 0 atom stereocenters. The van der Waals surface area contributed by atoms with Gasteiger partial charge in [-0.3, -0.25) is 4.79 Å². The minimum Gasteiger partial charge on any atom is -0.366 e. The zero-order chi connectivity index (χ0) is 16.2. The van der Waals surface area contributed by atoms with Gasteiger partial charge in [-0.1, -0.05) is 42.1 Å². The van der Waals surface area contributed by atoms with Gasteiger partial charge < -0.3 is 10.7 Å². The van der Waals surface area contributed by atoms with E-state index in [9.17, 15) is 4.79 Å². The predicted octanol–water partition coefficient (Wildman–Crippen LogP) is 3.02. The zero-order valence-corrected chi connectivity index (χ0v) is 13.1. The van der Waals surface area contributed by atoms with Crippen molar-refractivity contribution in [2.45, 2.75) is 17.3 Å². The Balaban J connectivity index is 1.76. The number of carbonyl (C=O) groups is 1. The molecule has 3 rings (SSSR count). The van der Waals surface area contributed by atoms with Crippen molar-refractivity contribution < 1.29 is 4.79 Å². The van der Waals surface area contributed by atoms with Crippen LogP contribution in [0.15, 0.2) is 47.6 Å². The third kappa shape index (κ3) is 3.35. The first-order valence-corrected chi connectivity index (χ1v) is 8.02. The quantitative estimate of drug-likeness (QED) is 0.706. The Hall–Kier alpha value is -2.78. The average molecular weight is 322 g/mol. The van der Waals surface area contributed by atoms with E-state index >= 15 is 0 Å². The average Bonchev–Trinajstić information content (AvgIpc) is 2.97. The van der Waals surface area contributed by atoms with Crippen LogP contribution in [0.25, 0.3) is 11.0 Å². The maximum absolute atomic E-state index is 11.4. The lowest BCUT2D eigenvalue weighted by atomic mass is 10.1. The molecule has 5 nitrogen and oxygen atoms in total. The van der Waals surface area contributed by atoms with Crippen LogP contribution in [0.1, 0.15) is 21.5 Å². The third-order valence-electron chi connectivity index (χ3n) is 3.44. The fourth-order valence-electron chi connectivity index (χ4n) is 2.27. The molecule has 0 unspecified atom stereocenters. The number of nitrogens with one attached hydrogen (secondary N) is 1. The molecule has 0 saturated heterocycles. The number of H-pyrrole nitrogens is 1. The molecule has 3 N–H and O–H groups in total. The van der Waals surface area contributed by atoms with Crippen molar-refractivity contribution in [3.63, 3.8) is 0 Å². The van der Waals surface area contributed by atoms with Crippen LogP contribution in [-0.2, 0) is 12.2 Å². The number of fused-ring (bicyclic) bond motifs is 1. The van der Waals surface area contributed by atoms with Crippen molar-refractivity contribution in [1.82, 2.24) is 9.97 Å². The Morgan fingerprint density at radius 1 is 1.22 bits per heavy atom. The molecule has 6 heteroatoms. The molecule has 23 heavy (non-hydrogen) atoms. The minimum absolute atomic E-state index is 0.423. The third-order valence-corrected chi connectivity index (χ3v) is 4.38. The van der Waals surface area contributed by atoms with Gasteiger partial charge in [0.25, 0.3) is 5.91 Å². The SMILES string of the molecule is N#CCc1ccc(CSc2nc3c(C(N)=O)cccc3[nH]2)cc1. The van der Waals surface area contributed by atoms with Crippen molar-refractivity contribution in [3.8, 4) is 6.07 Å². The molecular weight excluding hydrogens is 308 g/mol. The largest absolute Gasteiger partial charge is 0.366 e. The second-order valence-electron chi connectivity index (χ2n) is 5.05. The van der Waals surface area contributed by atoms with Crippen LogP contribution in [-0.4, -0.2) is 15.9 Å². The van der Waals surface area contributed by atoms with Gasteiger partial charge >= 0.3 is 0 Å². The number of nitrogens with two attached hydrogens (primary N) is 1. The lowest BCUT2D eigenvalue weighted by Crippen LogP contribution is -2.11. The minimum atomic E-state index is -0.480. The predicted molar refractivity (Wildman–Crippen MR) is 89.9 cm³/mol. The number of nitriles is 1. The summed E-state index contributed by atoms with van der Waals surface area (Å²) in [4.78, 5) is 19.1. The number of aromatic nitrogens is 2. The van der Waals surface area contributed by atoms with Crippen molar-refractivity contribution in [2.75, 3.05) is 0 Å². The summed E-state index contributed by atoms with van der Waals surface area (Å²) < 4.78 is 0. The normalized spacial score (nSPS) is 10.6. The maximum Gasteiger partial charge on any atom is 0.250 e. The van der Waals surface area contributed by atoms with E-state index in [4.69, 9.17) is 11.0 Å². The first-order chi connectivity index (χ1) is 11.2. The smallest absolute Gasteiger partial charge is 0.250 e.